The Morgan fingerprint density at radius 2 is 1.90 bits per heavy atom. The first-order valence-electron chi connectivity index (χ1n) is 9.52. The van der Waals surface area contributed by atoms with Gasteiger partial charge in [-0.05, 0) is 24.1 Å². The van der Waals surface area contributed by atoms with Crippen LogP contribution in [0.2, 0.25) is 5.02 Å². The summed E-state index contributed by atoms with van der Waals surface area (Å²) in [6, 6.07) is 7.39. The topological polar surface area (TPSA) is 87.2 Å². The Hall–Kier alpha value is -2.84. The Balaban J connectivity index is 1.90. The predicted octanol–water partition coefficient (Wildman–Crippen LogP) is 3.49. The van der Waals surface area contributed by atoms with E-state index < -0.39 is 0 Å². The second-order valence-corrected chi connectivity index (χ2v) is 7.26. The molecule has 0 saturated carbocycles. The molecule has 4 aromatic rings. The summed E-state index contributed by atoms with van der Waals surface area (Å²) < 4.78 is 8.47. The molecule has 3 heterocycles. The van der Waals surface area contributed by atoms with Gasteiger partial charge in [0, 0.05) is 18.7 Å². The molecular weight excluding hydrogens is 392 g/mol. The van der Waals surface area contributed by atoms with E-state index >= 15 is 0 Å². The van der Waals surface area contributed by atoms with Crippen molar-refractivity contribution in [2.24, 2.45) is 0 Å². The van der Waals surface area contributed by atoms with Crippen molar-refractivity contribution in [2.75, 3.05) is 7.11 Å². The van der Waals surface area contributed by atoms with E-state index in [1.807, 2.05) is 12.1 Å². The number of benzene rings is 1. The van der Waals surface area contributed by atoms with E-state index in [1.54, 1.807) is 34.7 Å². The number of hydrogen-bond donors (Lipinski definition) is 0. The smallest absolute Gasteiger partial charge is 0.283 e. The van der Waals surface area contributed by atoms with Gasteiger partial charge in [0.2, 0.25) is 0 Å². The first kappa shape index (κ1) is 19.5. The maximum atomic E-state index is 12.8. The average Bonchev–Trinajstić information content (AvgIpc) is 3.09. The third-order valence-corrected chi connectivity index (χ3v) is 5.04. The highest BCUT2D eigenvalue weighted by Gasteiger charge is 2.20. The molecule has 9 heteroatoms. The first-order valence-corrected chi connectivity index (χ1v) is 9.90. The van der Waals surface area contributed by atoms with Crippen LogP contribution in [0.3, 0.4) is 0 Å². The minimum Gasteiger partial charge on any atom is -0.378 e. The largest absolute Gasteiger partial charge is 0.378 e. The van der Waals surface area contributed by atoms with Gasteiger partial charge in [-0.2, -0.15) is 9.61 Å². The van der Waals surface area contributed by atoms with Crippen molar-refractivity contribution >= 4 is 28.4 Å². The molecule has 8 nitrogen and oxygen atoms in total. The lowest BCUT2D eigenvalue weighted by molar-refractivity contribution is 0.181. The first-order chi connectivity index (χ1) is 14.1. The molecule has 0 aliphatic carbocycles. The lowest BCUT2D eigenvalue weighted by atomic mass is 10.1. The zero-order valence-electron chi connectivity index (χ0n) is 16.3. The van der Waals surface area contributed by atoms with Crippen molar-refractivity contribution in [1.82, 2.24) is 29.4 Å². The van der Waals surface area contributed by atoms with Crippen LogP contribution in [0.1, 0.15) is 31.9 Å². The average molecular weight is 413 g/mol. The van der Waals surface area contributed by atoms with Crippen LogP contribution in [0.5, 0.6) is 0 Å². The molecule has 3 aromatic heterocycles. The molecule has 0 unspecified atom stereocenters. The number of hydrogen-bond acceptors (Lipinski definition) is 6. The molecule has 0 saturated heterocycles. The zero-order valence-corrected chi connectivity index (χ0v) is 17.1. The molecule has 0 radical (unpaired) electrons. The Labute approximate surface area is 172 Å². The summed E-state index contributed by atoms with van der Waals surface area (Å²) in [5.74, 6) is 0. The van der Waals surface area contributed by atoms with Crippen LogP contribution in [-0.4, -0.2) is 36.5 Å². The quantitative estimate of drug-likeness (QED) is 0.432. The monoisotopic (exact) mass is 412 g/mol. The number of rotatable bonds is 7. The van der Waals surface area contributed by atoms with Crippen molar-refractivity contribution in [2.45, 2.75) is 39.3 Å². The van der Waals surface area contributed by atoms with Crippen LogP contribution in [0.4, 0.5) is 0 Å². The molecule has 150 valence electrons. The van der Waals surface area contributed by atoms with Gasteiger partial charge in [0.1, 0.15) is 6.33 Å². The minimum absolute atomic E-state index is 0.200. The van der Waals surface area contributed by atoms with E-state index in [0.717, 1.165) is 30.4 Å². The highest BCUT2D eigenvalue weighted by molar-refractivity contribution is 6.30. The van der Waals surface area contributed by atoms with Crippen LogP contribution in [0.25, 0.3) is 27.9 Å². The Morgan fingerprint density at radius 3 is 2.62 bits per heavy atom. The molecular formula is C20H21ClN6O2. The van der Waals surface area contributed by atoms with E-state index in [9.17, 15) is 4.79 Å². The van der Waals surface area contributed by atoms with E-state index in [1.165, 1.54) is 0 Å². The zero-order chi connectivity index (χ0) is 20.4. The summed E-state index contributed by atoms with van der Waals surface area (Å²) >= 11 is 6.03. The van der Waals surface area contributed by atoms with Gasteiger partial charge in [0.25, 0.3) is 5.56 Å². The van der Waals surface area contributed by atoms with Gasteiger partial charge in [-0.25, -0.2) is 4.98 Å². The molecule has 0 amide bonds. The Kier molecular flexibility index (Phi) is 5.55. The molecule has 0 spiro atoms. The fourth-order valence-electron chi connectivity index (χ4n) is 3.34. The van der Waals surface area contributed by atoms with Crippen LogP contribution < -0.4 is 5.56 Å². The van der Waals surface area contributed by atoms with Crippen LogP contribution in [0, 0.1) is 0 Å². The second-order valence-electron chi connectivity index (χ2n) is 6.82. The van der Waals surface area contributed by atoms with E-state index in [0.29, 0.717) is 28.6 Å². The minimum atomic E-state index is -0.211. The molecule has 0 bridgehead atoms. The van der Waals surface area contributed by atoms with Crippen molar-refractivity contribution < 1.29 is 4.74 Å². The van der Waals surface area contributed by atoms with Crippen LogP contribution in [-0.2, 0) is 17.9 Å². The van der Waals surface area contributed by atoms with Crippen LogP contribution >= 0.6 is 11.6 Å². The van der Waals surface area contributed by atoms with Gasteiger partial charge in [0.15, 0.2) is 16.8 Å². The SMILES string of the molecule is CCCCCn1cnc2c(nnc3c(-c4ccc(Cl)cc4)c(COC)nn32)c1=O. The van der Waals surface area contributed by atoms with E-state index in [4.69, 9.17) is 16.3 Å². The lowest BCUT2D eigenvalue weighted by Gasteiger charge is -2.06. The summed E-state index contributed by atoms with van der Waals surface area (Å²) in [5.41, 5.74) is 3.24. The number of aryl methyl sites for hydroxylation is 1. The van der Waals surface area contributed by atoms with Crippen LogP contribution in [0.15, 0.2) is 35.4 Å². The van der Waals surface area contributed by atoms with Gasteiger partial charge in [0.05, 0.1) is 17.9 Å². The Morgan fingerprint density at radius 1 is 1.10 bits per heavy atom. The van der Waals surface area contributed by atoms with E-state index in [2.05, 4.69) is 27.2 Å². The molecule has 0 aliphatic rings. The maximum Gasteiger partial charge on any atom is 0.283 e. The fraction of sp³-hybridized carbons (Fsp3) is 0.350. The summed E-state index contributed by atoms with van der Waals surface area (Å²) in [4.78, 5) is 17.3. The number of halogens is 1. The summed E-state index contributed by atoms with van der Waals surface area (Å²) in [7, 11) is 1.60. The molecule has 0 fully saturated rings. The van der Waals surface area contributed by atoms with Crippen molar-refractivity contribution in [1.29, 1.82) is 0 Å². The molecule has 4 rings (SSSR count). The lowest BCUT2D eigenvalue weighted by Crippen LogP contribution is -2.23. The number of ether oxygens (including phenoxy) is 1. The third kappa shape index (κ3) is 3.61. The Bertz CT molecular complexity index is 1220. The number of fused-ring (bicyclic) bond motifs is 3. The summed E-state index contributed by atoms with van der Waals surface area (Å²) in [5, 5.41) is 13.8. The summed E-state index contributed by atoms with van der Waals surface area (Å²) in [6.07, 6.45) is 4.61. The standard InChI is InChI=1S/C20H21ClN6O2/c1-3-4-5-10-26-12-22-19-17(20(26)28)23-24-18-16(13-6-8-14(21)9-7-13)15(11-29-2)25-27(18)19/h6-9,12H,3-5,10-11H2,1-2H3. The molecule has 0 N–H and O–H groups in total. The van der Waals surface area contributed by atoms with Gasteiger partial charge < -0.3 is 4.74 Å². The summed E-state index contributed by atoms with van der Waals surface area (Å²) in [6.45, 7) is 3.02. The maximum absolute atomic E-state index is 12.8. The molecule has 0 atom stereocenters. The number of aromatic nitrogens is 6. The van der Waals surface area contributed by atoms with Gasteiger partial charge >= 0.3 is 0 Å². The third-order valence-electron chi connectivity index (χ3n) is 4.79. The van der Waals surface area contributed by atoms with Crippen molar-refractivity contribution in [3.63, 3.8) is 0 Å². The number of methoxy groups -OCH3 is 1. The highest BCUT2D eigenvalue weighted by Crippen LogP contribution is 2.29. The number of nitrogens with zero attached hydrogens (tertiary/aromatic N) is 6. The van der Waals surface area contributed by atoms with Gasteiger partial charge in [-0.1, -0.05) is 43.5 Å². The molecule has 1 aromatic carbocycles. The van der Waals surface area contributed by atoms with Crippen molar-refractivity contribution in [3.05, 3.63) is 51.7 Å². The predicted molar refractivity (Wildman–Crippen MR) is 111 cm³/mol. The highest BCUT2D eigenvalue weighted by atomic mass is 35.5. The fourth-order valence-corrected chi connectivity index (χ4v) is 3.47. The second kappa shape index (κ2) is 8.26. The molecule has 29 heavy (non-hydrogen) atoms. The van der Waals surface area contributed by atoms with Gasteiger partial charge in [-0.15, -0.1) is 10.2 Å². The van der Waals surface area contributed by atoms with Crippen molar-refractivity contribution in [3.8, 4) is 11.1 Å². The normalized spacial score (nSPS) is 11.6. The van der Waals surface area contributed by atoms with E-state index in [-0.39, 0.29) is 17.7 Å². The molecule has 0 aliphatic heterocycles. The number of unbranched alkanes of at least 4 members (excludes halogenated alkanes) is 2. The van der Waals surface area contributed by atoms with Gasteiger partial charge in [-0.3, -0.25) is 9.36 Å².